The standard InChI is InChI=1S/C13H13ClF3NO/c14-6-7-2-1-3-11(7)18-13(19)12-9(16)4-8(15)5-10(12)17/h4-5,7,11H,1-3,6H2,(H,18,19). The van der Waals surface area contributed by atoms with Crippen molar-refractivity contribution < 1.29 is 18.0 Å². The lowest BCUT2D eigenvalue weighted by molar-refractivity contribution is 0.0921. The van der Waals surface area contributed by atoms with E-state index in [4.69, 9.17) is 11.6 Å². The second kappa shape index (κ2) is 5.82. The van der Waals surface area contributed by atoms with Gasteiger partial charge in [0.15, 0.2) is 0 Å². The van der Waals surface area contributed by atoms with Crippen LogP contribution in [0.2, 0.25) is 0 Å². The minimum Gasteiger partial charge on any atom is -0.349 e. The van der Waals surface area contributed by atoms with Gasteiger partial charge in [-0.3, -0.25) is 4.79 Å². The van der Waals surface area contributed by atoms with Crippen molar-refractivity contribution in [1.82, 2.24) is 5.32 Å². The van der Waals surface area contributed by atoms with Crippen molar-refractivity contribution in [2.45, 2.75) is 25.3 Å². The van der Waals surface area contributed by atoms with Crippen LogP contribution in [0.3, 0.4) is 0 Å². The minimum atomic E-state index is -1.20. The Bertz CT molecular complexity index is 472. The molecule has 1 N–H and O–H groups in total. The molecular formula is C13H13ClF3NO. The summed E-state index contributed by atoms with van der Waals surface area (Å²) in [6, 6.07) is 0.797. The molecule has 1 amide bonds. The molecule has 1 aromatic rings. The number of amides is 1. The Morgan fingerprint density at radius 3 is 2.47 bits per heavy atom. The summed E-state index contributed by atoms with van der Waals surface area (Å²) in [5, 5.41) is 2.57. The lowest BCUT2D eigenvalue weighted by Gasteiger charge is -2.19. The topological polar surface area (TPSA) is 29.1 Å². The van der Waals surface area contributed by atoms with Crippen LogP contribution in [-0.2, 0) is 0 Å². The van der Waals surface area contributed by atoms with Crippen LogP contribution in [0.4, 0.5) is 13.2 Å². The van der Waals surface area contributed by atoms with Crippen LogP contribution in [0.25, 0.3) is 0 Å². The van der Waals surface area contributed by atoms with Crippen LogP contribution in [-0.4, -0.2) is 17.8 Å². The average molecular weight is 292 g/mol. The van der Waals surface area contributed by atoms with E-state index in [0.29, 0.717) is 18.0 Å². The predicted molar refractivity (Wildman–Crippen MR) is 65.6 cm³/mol. The number of alkyl halides is 1. The second-order valence-corrected chi connectivity index (χ2v) is 4.98. The van der Waals surface area contributed by atoms with E-state index >= 15 is 0 Å². The lowest BCUT2D eigenvalue weighted by Crippen LogP contribution is -2.38. The zero-order chi connectivity index (χ0) is 14.0. The molecule has 0 spiro atoms. The maximum atomic E-state index is 13.4. The van der Waals surface area contributed by atoms with Gasteiger partial charge in [0.25, 0.3) is 5.91 Å². The van der Waals surface area contributed by atoms with Gasteiger partial charge in [0.1, 0.15) is 23.0 Å². The minimum absolute atomic E-state index is 0.109. The van der Waals surface area contributed by atoms with Gasteiger partial charge in [-0.05, 0) is 18.8 Å². The fraction of sp³-hybridized carbons (Fsp3) is 0.462. The van der Waals surface area contributed by atoms with E-state index in [1.54, 1.807) is 0 Å². The number of rotatable bonds is 3. The molecule has 6 heteroatoms. The fourth-order valence-electron chi connectivity index (χ4n) is 2.41. The van der Waals surface area contributed by atoms with Gasteiger partial charge in [-0.25, -0.2) is 13.2 Å². The molecular weight excluding hydrogens is 279 g/mol. The molecule has 104 valence electrons. The predicted octanol–water partition coefficient (Wildman–Crippen LogP) is 3.24. The van der Waals surface area contributed by atoms with Crippen LogP contribution in [0.1, 0.15) is 29.6 Å². The number of benzene rings is 1. The molecule has 1 fully saturated rings. The van der Waals surface area contributed by atoms with Crippen molar-refractivity contribution in [3.05, 3.63) is 35.1 Å². The number of carbonyl (C=O) groups is 1. The van der Waals surface area contributed by atoms with E-state index in [0.717, 1.165) is 19.3 Å². The highest BCUT2D eigenvalue weighted by atomic mass is 35.5. The molecule has 0 bridgehead atoms. The van der Waals surface area contributed by atoms with Crippen LogP contribution >= 0.6 is 11.6 Å². The largest absolute Gasteiger partial charge is 0.349 e. The smallest absolute Gasteiger partial charge is 0.257 e. The number of halogens is 4. The molecule has 2 atom stereocenters. The van der Waals surface area contributed by atoms with Gasteiger partial charge in [-0.1, -0.05) is 6.42 Å². The van der Waals surface area contributed by atoms with Gasteiger partial charge < -0.3 is 5.32 Å². The second-order valence-electron chi connectivity index (χ2n) is 4.67. The van der Waals surface area contributed by atoms with Crippen LogP contribution in [0.5, 0.6) is 0 Å². The van der Waals surface area contributed by atoms with Crippen LogP contribution in [0, 0.1) is 23.4 Å². The van der Waals surface area contributed by atoms with E-state index in [-0.39, 0.29) is 12.0 Å². The summed E-state index contributed by atoms with van der Waals surface area (Å²) in [6.07, 6.45) is 2.52. The number of hydrogen-bond donors (Lipinski definition) is 1. The molecule has 0 radical (unpaired) electrons. The summed E-state index contributed by atoms with van der Waals surface area (Å²) in [7, 11) is 0. The van der Waals surface area contributed by atoms with E-state index in [1.165, 1.54) is 0 Å². The molecule has 1 aromatic carbocycles. The Morgan fingerprint density at radius 1 is 1.26 bits per heavy atom. The van der Waals surface area contributed by atoms with Crippen molar-refractivity contribution in [2.24, 2.45) is 5.92 Å². The number of nitrogens with one attached hydrogen (secondary N) is 1. The molecule has 1 aliphatic carbocycles. The molecule has 0 aromatic heterocycles. The van der Waals surface area contributed by atoms with Crippen molar-refractivity contribution in [3.8, 4) is 0 Å². The molecule has 2 rings (SSSR count). The third-order valence-electron chi connectivity index (χ3n) is 3.41. The van der Waals surface area contributed by atoms with Gasteiger partial charge in [0, 0.05) is 24.1 Å². The van der Waals surface area contributed by atoms with E-state index < -0.39 is 28.9 Å². The first-order valence-electron chi connectivity index (χ1n) is 6.04. The molecule has 2 unspecified atom stereocenters. The average Bonchev–Trinajstić information content (AvgIpc) is 2.74. The van der Waals surface area contributed by atoms with Crippen molar-refractivity contribution in [3.63, 3.8) is 0 Å². The summed E-state index contributed by atoms with van der Waals surface area (Å²) in [6.45, 7) is 0. The Balaban J connectivity index is 2.16. The van der Waals surface area contributed by atoms with Crippen molar-refractivity contribution in [1.29, 1.82) is 0 Å². The van der Waals surface area contributed by atoms with Gasteiger partial charge in [-0.2, -0.15) is 0 Å². The van der Waals surface area contributed by atoms with Crippen molar-refractivity contribution >= 4 is 17.5 Å². The highest BCUT2D eigenvalue weighted by Gasteiger charge is 2.29. The van der Waals surface area contributed by atoms with Gasteiger partial charge in [0.05, 0.1) is 0 Å². The fourth-order valence-corrected chi connectivity index (χ4v) is 2.78. The molecule has 1 aliphatic rings. The summed E-state index contributed by atoms with van der Waals surface area (Å²) < 4.78 is 39.7. The normalized spacial score (nSPS) is 22.5. The first-order valence-corrected chi connectivity index (χ1v) is 6.57. The third-order valence-corrected chi connectivity index (χ3v) is 3.80. The molecule has 19 heavy (non-hydrogen) atoms. The maximum absolute atomic E-state index is 13.4. The highest BCUT2D eigenvalue weighted by molar-refractivity contribution is 6.18. The summed E-state index contributed by atoms with van der Waals surface area (Å²) >= 11 is 5.77. The Labute approximate surface area is 113 Å². The number of carbonyl (C=O) groups excluding carboxylic acids is 1. The Hall–Kier alpha value is -1.23. The zero-order valence-electron chi connectivity index (χ0n) is 10.1. The SMILES string of the molecule is O=C(NC1CCCC1CCl)c1c(F)cc(F)cc1F. The van der Waals surface area contributed by atoms with Gasteiger partial charge in [0.2, 0.25) is 0 Å². The quantitative estimate of drug-likeness (QED) is 0.851. The van der Waals surface area contributed by atoms with E-state index in [9.17, 15) is 18.0 Å². The Morgan fingerprint density at radius 2 is 1.89 bits per heavy atom. The zero-order valence-corrected chi connectivity index (χ0v) is 10.8. The molecule has 2 nitrogen and oxygen atoms in total. The summed E-state index contributed by atoms with van der Waals surface area (Å²) in [5.41, 5.74) is -0.748. The summed E-state index contributed by atoms with van der Waals surface area (Å²) in [5.74, 6) is -3.81. The highest BCUT2D eigenvalue weighted by Crippen LogP contribution is 2.27. The number of hydrogen-bond acceptors (Lipinski definition) is 1. The van der Waals surface area contributed by atoms with E-state index in [1.807, 2.05) is 0 Å². The lowest BCUT2D eigenvalue weighted by atomic mass is 10.1. The molecule has 0 aliphatic heterocycles. The van der Waals surface area contributed by atoms with Gasteiger partial charge >= 0.3 is 0 Å². The maximum Gasteiger partial charge on any atom is 0.257 e. The summed E-state index contributed by atoms with van der Waals surface area (Å²) in [4.78, 5) is 11.9. The first-order chi connectivity index (χ1) is 9.02. The molecule has 0 heterocycles. The van der Waals surface area contributed by atoms with Crippen molar-refractivity contribution in [2.75, 3.05) is 5.88 Å². The van der Waals surface area contributed by atoms with Crippen LogP contribution in [0.15, 0.2) is 12.1 Å². The monoisotopic (exact) mass is 291 g/mol. The molecule has 1 saturated carbocycles. The molecule has 0 saturated heterocycles. The van der Waals surface area contributed by atoms with Gasteiger partial charge in [-0.15, -0.1) is 11.6 Å². The van der Waals surface area contributed by atoms with Crippen LogP contribution < -0.4 is 5.32 Å². The Kier molecular flexibility index (Phi) is 4.34. The van der Waals surface area contributed by atoms with E-state index in [2.05, 4.69) is 5.32 Å². The first kappa shape index (κ1) is 14.2. The third kappa shape index (κ3) is 3.03.